The molecule has 104 valence electrons. The van der Waals surface area contributed by atoms with Gasteiger partial charge in [-0.1, -0.05) is 23.4 Å². The zero-order valence-corrected chi connectivity index (χ0v) is 11.4. The van der Waals surface area contributed by atoms with Gasteiger partial charge >= 0.3 is 5.97 Å². The zero-order valence-electron chi connectivity index (χ0n) is 11.4. The minimum Gasteiger partial charge on any atom is -0.469 e. The van der Waals surface area contributed by atoms with Crippen LogP contribution >= 0.6 is 0 Å². The number of nitrogens with zero attached hydrogens (tertiary/aromatic N) is 3. The van der Waals surface area contributed by atoms with Crippen molar-refractivity contribution in [2.45, 2.75) is 18.9 Å². The Morgan fingerprint density at radius 3 is 2.95 bits per heavy atom. The number of carbonyl (C=O) groups excluding carboxylic acids is 1. The van der Waals surface area contributed by atoms with Crippen molar-refractivity contribution < 1.29 is 14.3 Å². The molecule has 6 nitrogen and oxygen atoms in total. The van der Waals surface area contributed by atoms with E-state index in [1.165, 1.54) is 7.11 Å². The first kappa shape index (κ1) is 12.8. The second-order valence-corrected chi connectivity index (χ2v) is 4.63. The fourth-order valence-corrected chi connectivity index (χ4v) is 2.53. The second kappa shape index (κ2) is 5.05. The molecule has 0 saturated carbocycles. The summed E-state index contributed by atoms with van der Waals surface area (Å²) in [5.41, 5.74) is 3.58. The van der Waals surface area contributed by atoms with Crippen LogP contribution in [0.15, 0.2) is 24.3 Å². The molecule has 1 atom stereocenters. The normalized spacial score (nSPS) is 16.4. The molecule has 20 heavy (non-hydrogen) atoms. The van der Waals surface area contributed by atoms with Crippen molar-refractivity contribution in [3.63, 3.8) is 0 Å². The molecular formula is C14H15N3O3. The largest absolute Gasteiger partial charge is 0.469 e. The van der Waals surface area contributed by atoms with Crippen LogP contribution in [-0.2, 0) is 27.1 Å². The van der Waals surface area contributed by atoms with Crippen LogP contribution in [0.2, 0.25) is 0 Å². The second-order valence-electron chi connectivity index (χ2n) is 4.63. The van der Waals surface area contributed by atoms with E-state index in [0.29, 0.717) is 12.1 Å². The van der Waals surface area contributed by atoms with E-state index in [1.54, 1.807) is 11.8 Å². The van der Waals surface area contributed by atoms with Crippen LogP contribution < -0.4 is 0 Å². The van der Waals surface area contributed by atoms with E-state index >= 15 is 0 Å². The molecule has 1 aliphatic rings. The van der Waals surface area contributed by atoms with Gasteiger partial charge in [0.15, 0.2) is 0 Å². The van der Waals surface area contributed by atoms with Crippen molar-refractivity contribution in [1.29, 1.82) is 0 Å². The van der Waals surface area contributed by atoms with E-state index in [1.807, 2.05) is 24.3 Å². The molecule has 2 heterocycles. The van der Waals surface area contributed by atoms with Crippen molar-refractivity contribution in [3.05, 3.63) is 41.2 Å². The molecule has 0 amide bonds. The van der Waals surface area contributed by atoms with E-state index in [0.717, 1.165) is 16.9 Å². The van der Waals surface area contributed by atoms with Gasteiger partial charge in [0.1, 0.15) is 0 Å². The smallest absolute Gasteiger partial charge is 0.311 e. The Morgan fingerprint density at radius 2 is 2.20 bits per heavy atom. The van der Waals surface area contributed by atoms with Crippen LogP contribution in [0.1, 0.15) is 23.1 Å². The monoisotopic (exact) mass is 273 g/mol. The first-order valence-corrected chi connectivity index (χ1v) is 6.37. The molecular weight excluding hydrogens is 258 g/mol. The maximum absolute atomic E-state index is 11.4. The highest BCUT2D eigenvalue weighted by Crippen LogP contribution is 2.33. The number of carbonyl (C=O) groups is 1. The summed E-state index contributed by atoms with van der Waals surface area (Å²) in [7, 11) is 3.05. The highest BCUT2D eigenvalue weighted by molar-refractivity contribution is 5.72. The summed E-state index contributed by atoms with van der Waals surface area (Å²) >= 11 is 0. The van der Waals surface area contributed by atoms with E-state index in [-0.39, 0.29) is 18.5 Å². The Morgan fingerprint density at radius 1 is 1.40 bits per heavy atom. The lowest BCUT2D eigenvalue weighted by atomic mass is 9.97. The lowest BCUT2D eigenvalue weighted by molar-refractivity contribution is -0.139. The Balaban J connectivity index is 2.06. The summed E-state index contributed by atoms with van der Waals surface area (Å²) in [6.45, 7) is 0. The van der Waals surface area contributed by atoms with Gasteiger partial charge in [0.05, 0.1) is 36.7 Å². The SMILES string of the molecule is COC(=O)Cc1nnn2c1CC(OC)c1ccccc1-2. The fourth-order valence-electron chi connectivity index (χ4n) is 2.53. The molecule has 1 aliphatic heterocycles. The van der Waals surface area contributed by atoms with Gasteiger partial charge in [0.2, 0.25) is 0 Å². The van der Waals surface area contributed by atoms with Gasteiger partial charge in [-0.2, -0.15) is 0 Å². The van der Waals surface area contributed by atoms with E-state index in [9.17, 15) is 4.79 Å². The summed E-state index contributed by atoms with van der Waals surface area (Å²) in [5.74, 6) is -0.318. The number of fused-ring (bicyclic) bond motifs is 3. The van der Waals surface area contributed by atoms with Crippen LogP contribution in [0.4, 0.5) is 0 Å². The van der Waals surface area contributed by atoms with Gasteiger partial charge in [-0.3, -0.25) is 4.79 Å². The van der Waals surface area contributed by atoms with Crippen molar-refractivity contribution in [2.75, 3.05) is 14.2 Å². The van der Waals surface area contributed by atoms with Gasteiger partial charge in [-0.25, -0.2) is 4.68 Å². The minimum absolute atomic E-state index is 0.0476. The maximum atomic E-state index is 11.4. The molecule has 0 bridgehead atoms. The minimum atomic E-state index is -0.318. The first-order valence-electron chi connectivity index (χ1n) is 6.37. The van der Waals surface area contributed by atoms with Crippen molar-refractivity contribution in [3.8, 4) is 5.69 Å². The van der Waals surface area contributed by atoms with E-state index in [2.05, 4.69) is 15.0 Å². The van der Waals surface area contributed by atoms with Crippen molar-refractivity contribution in [1.82, 2.24) is 15.0 Å². The summed E-state index contributed by atoms with van der Waals surface area (Å²) < 4.78 is 12.0. The van der Waals surface area contributed by atoms with E-state index in [4.69, 9.17) is 4.74 Å². The Labute approximate surface area is 116 Å². The summed E-state index contributed by atoms with van der Waals surface area (Å²) in [6, 6.07) is 7.92. The van der Waals surface area contributed by atoms with Crippen LogP contribution in [-0.4, -0.2) is 35.2 Å². The van der Waals surface area contributed by atoms with Crippen LogP contribution in [0.5, 0.6) is 0 Å². The van der Waals surface area contributed by atoms with Crippen molar-refractivity contribution >= 4 is 5.97 Å². The molecule has 3 rings (SSSR count). The predicted octanol–water partition coefficient (Wildman–Crippen LogP) is 1.23. The standard InChI is InChI=1S/C14H15N3O3/c1-19-13-8-12-10(7-14(18)20-2)15-16-17(12)11-6-4-3-5-9(11)13/h3-6,13H,7-8H2,1-2H3. The highest BCUT2D eigenvalue weighted by Gasteiger charge is 2.28. The Kier molecular flexibility index (Phi) is 3.23. The number of rotatable bonds is 3. The number of hydrogen-bond acceptors (Lipinski definition) is 5. The zero-order chi connectivity index (χ0) is 14.1. The highest BCUT2D eigenvalue weighted by atomic mass is 16.5. The first-order chi connectivity index (χ1) is 9.74. The molecule has 1 aromatic carbocycles. The molecule has 0 fully saturated rings. The number of para-hydroxylation sites is 1. The molecule has 6 heteroatoms. The number of ether oxygens (including phenoxy) is 2. The maximum Gasteiger partial charge on any atom is 0.311 e. The third-order valence-electron chi connectivity index (χ3n) is 3.56. The third-order valence-corrected chi connectivity index (χ3v) is 3.56. The van der Waals surface area contributed by atoms with Crippen LogP contribution in [0.25, 0.3) is 5.69 Å². The predicted molar refractivity (Wildman–Crippen MR) is 70.5 cm³/mol. The molecule has 0 radical (unpaired) electrons. The summed E-state index contributed by atoms with van der Waals surface area (Å²) in [5, 5.41) is 8.27. The summed E-state index contributed by atoms with van der Waals surface area (Å²) in [6.07, 6.45) is 0.727. The average Bonchev–Trinajstić information content (AvgIpc) is 2.89. The van der Waals surface area contributed by atoms with Gasteiger partial charge in [0, 0.05) is 19.1 Å². The molecule has 0 aliphatic carbocycles. The molecule has 1 aromatic heterocycles. The average molecular weight is 273 g/mol. The fraction of sp³-hybridized carbons (Fsp3) is 0.357. The summed E-state index contributed by atoms with van der Waals surface area (Å²) in [4.78, 5) is 11.4. The van der Waals surface area contributed by atoms with Gasteiger partial charge in [-0.05, 0) is 6.07 Å². The van der Waals surface area contributed by atoms with Crippen molar-refractivity contribution in [2.24, 2.45) is 0 Å². The molecule has 2 aromatic rings. The number of esters is 1. The quantitative estimate of drug-likeness (QED) is 0.787. The molecule has 1 unspecified atom stereocenters. The molecule has 0 N–H and O–H groups in total. The van der Waals surface area contributed by atoms with Gasteiger partial charge in [-0.15, -0.1) is 5.10 Å². The van der Waals surface area contributed by atoms with Gasteiger partial charge in [0.25, 0.3) is 0 Å². The number of hydrogen-bond donors (Lipinski definition) is 0. The van der Waals surface area contributed by atoms with Crippen LogP contribution in [0.3, 0.4) is 0 Å². The van der Waals surface area contributed by atoms with E-state index < -0.39 is 0 Å². The molecule has 0 spiro atoms. The number of methoxy groups -OCH3 is 2. The van der Waals surface area contributed by atoms with Gasteiger partial charge < -0.3 is 9.47 Å². The Bertz CT molecular complexity index is 651. The number of aromatic nitrogens is 3. The molecule has 0 saturated heterocycles. The number of benzene rings is 1. The lowest BCUT2D eigenvalue weighted by Crippen LogP contribution is -2.20. The lowest BCUT2D eigenvalue weighted by Gasteiger charge is -2.25. The van der Waals surface area contributed by atoms with Crippen LogP contribution in [0, 0.1) is 0 Å². The Hall–Kier alpha value is -2.21. The third kappa shape index (κ3) is 1.98. The topological polar surface area (TPSA) is 66.2 Å².